The highest BCUT2D eigenvalue weighted by atomic mass is 16.5. The number of aryl methyl sites for hydroxylation is 2. The molecule has 124 valence electrons. The van der Waals surface area contributed by atoms with Gasteiger partial charge in [0.05, 0.1) is 7.11 Å². The summed E-state index contributed by atoms with van der Waals surface area (Å²) in [4.78, 5) is 9.17. The number of benzene rings is 2. The molecule has 0 aliphatic heterocycles. The maximum Gasteiger partial charge on any atom is 0.125 e. The fourth-order valence-corrected chi connectivity index (χ4v) is 2.07. The Morgan fingerprint density at radius 2 is 1.70 bits per heavy atom. The lowest BCUT2D eigenvalue weighted by Gasteiger charge is -2.13. The van der Waals surface area contributed by atoms with Gasteiger partial charge >= 0.3 is 0 Å². The first-order chi connectivity index (χ1) is 11.2. The number of rotatable bonds is 6. The molecule has 23 heavy (non-hydrogen) atoms. The number of carbonyl (C=O) groups excluding carboxylic acids is 1. The molecule has 0 spiro atoms. The Hall–Kier alpha value is -2.29. The molecule has 0 amide bonds. The third-order valence-corrected chi connectivity index (χ3v) is 3.35. The Labute approximate surface area is 139 Å². The Kier molecular flexibility index (Phi) is 8.51. The van der Waals surface area contributed by atoms with Crippen molar-refractivity contribution in [2.45, 2.75) is 40.2 Å². The topological polar surface area (TPSA) is 35.5 Å². The number of aldehydes is 1. The highest BCUT2D eigenvalue weighted by Gasteiger charge is 2.06. The number of carbonyl (C=O) groups is 1. The van der Waals surface area contributed by atoms with E-state index in [1.54, 1.807) is 7.11 Å². The van der Waals surface area contributed by atoms with E-state index < -0.39 is 0 Å². The summed E-state index contributed by atoms with van der Waals surface area (Å²) in [7, 11) is 1.68. The van der Waals surface area contributed by atoms with Gasteiger partial charge in [-0.15, -0.1) is 0 Å². The average molecular weight is 314 g/mol. The predicted molar refractivity (Wildman–Crippen MR) is 94.2 cm³/mol. The summed E-state index contributed by atoms with van der Waals surface area (Å²) >= 11 is 0. The molecule has 0 aliphatic carbocycles. The lowest BCUT2D eigenvalue weighted by molar-refractivity contribution is -0.107. The van der Waals surface area contributed by atoms with Gasteiger partial charge in [0.15, 0.2) is 0 Å². The molecular formula is C20H26O3. The van der Waals surface area contributed by atoms with Crippen LogP contribution < -0.4 is 9.47 Å². The summed E-state index contributed by atoms with van der Waals surface area (Å²) < 4.78 is 11.3. The molecule has 0 atom stereocenters. The van der Waals surface area contributed by atoms with Crippen LogP contribution in [0.25, 0.3) is 0 Å². The first-order valence-corrected chi connectivity index (χ1v) is 7.94. The summed E-state index contributed by atoms with van der Waals surface area (Å²) in [6.07, 6.45) is 2.49. The molecule has 0 aromatic heterocycles. The van der Waals surface area contributed by atoms with Gasteiger partial charge in [-0.25, -0.2) is 0 Å². The molecule has 2 aromatic rings. The van der Waals surface area contributed by atoms with Crippen LogP contribution in [0.2, 0.25) is 0 Å². The zero-order valence-corrected chi connectivity index (χ0v) is 14.5. The summed E-state index contributed by atoms with van der Waals surface area (Å²) in [6.45, 7) is 6.56. The van der Waals surface area contributed by atoms with Crippen LogP contribution in [0, 0.1) is 6.92 Å². The zero-order valence-electron chi connectivity index (χ0n) is 14.5. The van der Waals surface area contributed by atoms with Gasteiger partial charge in [0.25, 0.3) is 0 Å². The highest BCUT2D eigenvalue weighted by Crippen LogP contribution is 2.24. The summed E-state index contributed by atoms with van der Waals surface area (Å²) in [5, 5.41) is 0. The van der Waals surface area contributed by atoms with Crippen LogP contribution in [0.3, 0.4) is 0 Å². The van der Waals surface area contributed by atoms with Crippen molar-refractivity contribution in [1.29, 1.82) is 0 Å². The minimum atomic E-state index is 0.528. The van der Waals surface area contributed by atoms with Crippen molar-refractivity contribution in [2.75, 3.05) is 7.11 Å². The van der Waals surface area contributed by atoms with Crippen molar-refractivity contribution in [1.82, 2.24) is 0 Å². The van der Waals surface area contributed by atoms with E-state index in [-0.39, 0.29) is 0 Å². The van der Waals surface area contributed by atoms with Crippen molar-refractivity contribution in [2.24, 2.45) is 0 Å². The van der Waals surface area contributed by atoms with E-state index in [4.69, 9.17) is 9.47 Å². The lowest BCUT2D eigenvalue weighted by atomic mass is 10.1. The summed E-state index contributed by atoms with van der Waals surface area (Å²) in [5.74, 6) is 1.83. The van der Waals surface area contributed by atoms with Gasteiger partial charge in [-0.3, -0.25) is 0 Å². The molecule has 0 radical (unpaired) electrons. The molecule has 0 aliphatic rings. The smallest absolute Gasteiger partial charge is 0.125 e. The maximum absolute atomic E-state index is 9.17. The van der Waals surface area contributed by atoms with Crippen LogP contribution in [0.4, 0.5) is 0 Å². The lowest BCUT2D eigenvalue weighted by Crippen LogP contribution is -2.00. The third-order valence-electron chi connectivity index (χ3n) is 3.35. The summed E-state index contributed by atoms with van der Waals surface area (Å²) in [5.41, 5.74) is 3.52. The molecular weight excluding hydrogens is 288 g/mol. The van der Waals surface area contributed by atoms with Gasteiger partial charge in [0, 0.05) is 12.0 Å². The standard InChI is InChI=1S/C17H20O2.C3H6O/c1-4-14-10-9-13(2)11-17(14)19-12-15-7-5-6-8-16(15)18-3;1-2-3-4/h5-11H,4,12H2,1-3H3;3H,2H2,1H3. The van der Waals surface area contributed by atoms with E-state index in [2.05, 4.69) is 32.0 Å². The van der Waals surface area contributed by atoms with Crippen molar-refractivity contribution in [3.8, 4) is 11.5 Å². The van der Waals surface area contributed by atoms with Gasteiger partial charge < -0.3 is 14.3 Å². The van der Waals surface area contributed by atoms with E-state index in [0.717, 1.165) is 29.8 Å². The van der Waals surface area contributed by atoms with E-state index >= 15 is 0 Å². The first-order valence-electron chi connectivity index (χ1n) is 7.94. The second kappa shape index (κ2) is 10.4. The van der Waals surface area contributed by atoms with Gasteiger partial charge in [0.2, 0.25) is 0 Å². The normalized spacial score (nSPS) is 9.57. The molecule has 0 unspecified atom stereocenters. The SMILES string of the molecule is CCC=O.CCc1ccc(C)cc1OCc1ccccc1OC. The molecule has 0 bridgehead atoms. The van der Waals surface area contributed by atoms with Crippen LogP contribution in [-0.4, -0.2) is 13.4 Å². The van der Waals surface area contributed by atoms with Crippen molar-refractivity contribution in [3.05, 3.63) is 59.2 Å². The van der Waals surface area contributed by atoms with E-state index in [9.17, 15) is 4.79 Å². The number of hydrogen-bond donors (Lipinski definition) is 0. The number of ether oxygens (including phenoxy) is 2. The highest BCUT2D eigenvalue weighted by molar-refractivity contribution is 5.48. The Morgan fingerprint density at radius 1 is 1.00 bits per heavy atom. The summed E-state index contributed by atoms with van der Waals surface area (Å²) in [6, 6.07) is 14.3. The molecule has 0 fully saturated rings. The van der Waals surface area contributed by atoms with Gasteiger partial charge in [0.1, 0.15) is 24.4 Å². The van der Waals surface area contributed by atoms with Gasteiger partial charge in [-0.05, 0) is 36.6 Å². The van der Waals surface area contributed by atoms with E-state index in [0.29, 0.717) is 13.0 Å². The van der Waals surface area contributed by atoms with Crippen molar-refractivity contribution < 1.29 is 14.3 Å². The largest absolute Gasteiger partial charge is 0.496 e. The van der Waals surface area contributed by atoms with E-state index in [1.165, 1.54) is 11.1 Å². The van der Waals surface area contributed by atoms with Gasteiger partial charge in [-0.1, -0.05) is 44.2 Å². The molecule has 0 N–H and O–H groups in total. The van der Waals surface area contributed by atoms with Crippen LogP contribution in [0.15, 0.2) is 42.5 Å². The third kappa shape index (κ3) is 6.15. The fourth-order valence-electron chi connectivity index (χ4n) is 2.07. The second-order valence-corrected chi connectivity index (χ2v) is 5.14. The number of para-hydroxylation sites is 1. The Bertz CT molecular complexity index is 606. The monoisotopic (exact) mass is 314 g/mol. The Balaban J connectivity index is 0.000000593. The van der Waals surface area contributed by atoms with Crippen molar-refractivity contribution >= 4 is 6.29 Å². The maximum atomic E-state index is 9.17. The Morgan fingerprint density at radius 3 is 2.30 bits per heavy atom. The minimum absolute atomic E-state index is 0.528. The predicted octanol–water partition coefficient (Wildman–Crippen LogP) is 4.74. The van der Waals surface area contributed by atoms with Crippen LogP contribution in [-0.2, 0) is 17.8 Å². The zero-order chi connectivity index (χ0) is 17.1. The number of hydrogen-bond acceptors (Lipinski definition) is 3. The first kappa shape index (κ1) is 18.8. The van der Waals surface area contributed by atoms with E-state index in [1.807, 2.05) is 31.2 Å². The molecule has 3 heteroatoms. The molecule has 0 saturated carbocycles. The fraction of sp³-hybridized carbons (Fsp3) is 0.350. The molecule has 0 heterocycles. The quantitative estimate of drug-likeness (QED) is 0.722. The van der Waals surface area contributed by atoms with Gasteiger partial charge in [-0.2, -0.15) is 0 Å². The van der Waals surface area contributed by atoms with Crippen LogP contribution >= 0.6 is 0 Å². The average Bonchev–Trinajstić information content (AvgIpc) is 2.60. The molecule has 3 nitrogen and oxygen atoms in total. The number of methoxy groups -OCH3 is 1. The molecule has 2 rings (SSSR count). The second-order valence-electron chi connectivity index (χ2n) is 5.14. The van der Waals surface area contributed by atoms with Crippen molar-refractivity contribution in [3.63, 3.8) is 0 Å². The van der Waals surface area contributed by atoms with Crippen LogP contribution in [0.1, 0.15) is 37.0 Å². The minimum Gasteiger partial charge on any atom is -0.496 e. The molecule has 2 aromatic carbocycles. The van der Waals surface area contributed by atoms with Crippen LogP contribution in [0.5, 0.6) is 11.5 Å². The molecule has 0 saturated heterocycles.